The average Bonchev–Trinajstić information content (AvgIpc) is 3.66. The summed E-state index contributed by atoms with van der Waals surface area (Å²) in [6.45, 7) is 7.42. The van der Waals surface area contributed by atoms with E-state index in [9.17, 15) is 19.2 Å². The van der Waals surface area contributed by atoms with E-state index in [4.69, 9.17) is 23.9 Å². The van der Waals surface area contributed by atoms with Crippen LogP contribution in [0.1, 0.15) is 79.1 Å². The Bertz CT molecular complexity index is 1850. The molecule has 1 saturated carbocycles. The smallest absolute Gasteiger partial charge is 0.332 e. The second-order valence-electron chi connectivity index (χ2n) is 15.3. The number of allylic oxidation sites excluding steroid dienone is 1. The average molecular weight is 726 g/mol. The number of ether oxygens (including phenoxy) is 4. The number of esters is 2. The molecule has 1 saturated heterocycles. The normalized spacial score (nSPS) is 25.6. The molecule has 1 N–H and O–H groups in total. The Balaban J connectivity index is 1.35. The van der Waals surface area contributed by atoms with Crippen LogP contribution in [0.3, 0.4) is 0 Å². The number of benzene rings is 2. The van der Waals surface area contributed by atoms with E-state index in [1.54, 1.807) is 39.7 Å². The summed E-state index contributed by atoms with van der Waals surface area (Å²) in [7, 11) is 1.60. The number of nitrogens with zero attached hydrogens (tertiary/aromatic N) is 2. The van der Waals surface area contributed by atoms with Crippen molar-refractivity contribution in [2.75, 3.05) is 20.3 Å². The fraction of sp³-hybridized carbons (Fsp3) is 0.500. The molecule has 11 heteroatoms. The van der Waals surface area contributed by atoms with Crippen LogP contribution in [0.25, 0.3) is 22.2 Å². The van der Waals surface area contributed by atoms with Crippen LogP contribution >= 0.6 is 0 Å². The second kappa shape index (κ2) is 16.0. The van der Waals surface area contributed by atoms with E-state index in [0.29, 0.717) is 35.6 Å². The number of carbonyl (C=O) groups excluding carboxylic acids is 4. The molecule has 2 aromatic carbocycles. The van der Waals surface area contributed by atoms with E-state index in [-0.39, 0.29) is 37.8 Å². The summed E-state index contributed by atoms with van der Waals surface area (Å²) in [6, 6.07) is 16.3. The zero-order valence-corrected chi connectivity index (χ0v) is 31.4. The van der Waals surface area contributed by atoms with Gasteiger partial charge in [0.2, 0.25) is 11.8 Å². The molecular formula is C42H51N3O8. The Morgan fingerprint density at radius 3 is 2.57 bits per heavy atom. The number of hydrogen-bond acceptors (Lipinski definition) is 9. The van der Waals surface area contributed by atoms with Crippen LogP contribution in [0.15, 0.2) is 66.7 Å². The molecule has 3 aliphatic rings. The molecule has 0 radical (unpaired) electrons. The number of pyridine rings is 1. The van der Waals surface area contributed by atoms with Gasteiger partial charge in [0.05, 0.1) is 37.9 Å². The first-order chi connectivity index (χ1) is 25.4. The fourth-order valence-electron chi connectivity index (χ4n) is 7.45. The van der Waals surface area contributed by atoms with E-state index < -0.39 is 47.0 Å². The Kier molecular flexibility index (Phi) is 11.4. The Morgan fingerprint density at radius 2 is 1.83 bits per heavy atom. The van der Waals surface area contributed by atoms with Gasteiger partial charge in [0, 0.05) is 41.3 Å². The molecule has 5 atom stereocenters. The number of nitrogens with one attached hydrogen (secondary N) is 1. The van der Waals surface area contributed by atoms with Crippen LogP contribution in [0, 0.1) is 11.8 Å². The largest absolute Gasteiger partial charge is 0.497 e. The number of fused-ring (bicyclic) bond motifs is 3. The summed E-state index contributed by atoms with van der Waals surface area (Å²) >= 11 is 0. The summed E-state index contributed by atoms with van der Waals surface area (Å²) in [6.07, 6.45) is 7.77. The summed E-state index contributed by atoms with van der Waals surface area (Å²) in [4.78, 5) is 61.9. The molecule has 1 aliphatic carbocycles. The first-order valence-corrected chi connectivity index (χ1v) is 18.8. The molecule has 3 aromatic rings. The maximum Gasteiger partial charge on any atom is 0.332 e. The van der Waals surface area contributed by atoms with Gasteiger partial charge in [-0.2, -0.15) is 0 Å². The molecule has 0 bridgehead atoms. The molecule has 2 aliphatic heterocycles. The summed E-state index contributed by atoms with van der Waals surface area (Å²) < 4.78 is 23.3. The van der Waals surface area contributed by atoms with Crippen LogP contribution in [0.2, 0.25) is 0 Å². The van der Waals surface area contributed by atoms with Gasteiger partial charge in [-0.25, -0.2) is 9.78 Å². The van der Waals surface area contributed by atoms with Gasteiger partial charge in [-0.15, -0.1) is 0 Å². The molecule has 53 heavy (non-hydrogen) atoms. The lowest BCUT2D eigenvalue weighted by molar-refractivity contribution is -0.159. The van der Waals surface area contributed by atoms with Crippen molar-refractivity contribution in [2.45, 2.75) is 102 Å². The van der Waals surface area contributed by atoms with Gasteiger partial charge >= 0.3 is 11.9 Å². The van der Waals surface area contributed by atoms with Crippen molar-refractivity contribution in [1.82, 2.24) is 15.2 Å². The summed E-state index contributed by atoms with van der Waals surface area (Å²) in [5.41, 5.74) is 0.365. The van der Waals surface area contributed by atoms with E-state index in [2.05, 4.69) is 11.4 Å². The molecule has 2 fully saturated rings. The van der Waals surface area contributed by atoms with Gasteiger partial charge in [-0.05, 0) is 65.5 Å². The SMILES string of the molecule is CCOC(=O)[C@@]12C[C@@H]1/C=C\CCCCC[C@H](CC(=O)OC(C)(C)C)C(=O)N1C[C@H](Oc3cc(-c4ccccc4)nc4cc(OC)ccc34)C[C@H]1C(=O)N2. The van der Waals surface area contributed by atoms with Crippen LogP contribution in [0.5, 0.6) is 11.5 Å². The van der Waals surface area contributed by atoms with Crippen LogP contribution in [-0.4, -0.2) is 77.2 Å². The maximum absolute atomic E-state index is 14.6. The van der Waals surface area contributed by atoms with E-state index in [0.717, 1.165) is 36.6 Å². The highest BCUT2D eigenvalue weighted by Gasteiger charge is 2.62. The van der Waals surface area contributed by atoms with Gasteiger partial charge < -0.3 is 29.2 Å². The third-order valence-electron chi connectivity index (χ3n) is 10.2. The first-order valence-electron chi connectivity index (χ1n) is 18.8. The summed E-state index contributed by atoms with van der Waals surface area (Å²) in [5.74, 6) is -1.39. The van der Waals surface area contributed by atoms with Crippen molar-refractivity contribution < 1.29 is 38.1 Å². The van der Waals surface area contributed by atoms with Crippen molar-refractivity contribution in [3.8, 4) is 22.8 Å². The van der Waals surface area contributed by atoms with Gasteiger partial charge in [0.25, 0.3) is 0 Å². The van der Waals surface area contributed by atoms with Crippen LogP contribution in [0.4, 0.5) is 0 Å². The van der Waals surface area contributed by atoms with E-state index >= 15 is 0 Å². The Labute approximate surface area is 311 Å². The topological polar surface area (TPSA) is 133 Å². The number of carbonyl (C=O) groups is 4. The van der Waals surface area contributed by atoms with Crippen molar-refractivity contribution in [3.63, 3.8) is 0 Å². The molecule has 3 heterocycles. The molecular weight excluding hydrogens is 674 g/mol. The van der Waals surface area contributed by atoms with Crippen molar-refractivity contribution in [2.24, 2.45) is 11.8 Å². The predicted molar refractivity (Wildman–Crippen MR) is 200 cm³/mol. The molecule has 0 unspecified atom stereocenters. The molecule has 11 nitrogen and oxygen atoms in total. The predicted octanol–water partition coefficient (Wildman–Crippen LogP) is 6.57. The standard InChI is InChI=1S/C42H51N3O8/c1-6-51-40(49)42-25-29(42)18-14-9-7-8-11-17-28(21-37(46)53-41(2,3)4)39(48)45-26-31(23-35(45)38(47)44-42)52-36-24-33(27-15-12-10-13-16-27)43-34-22-30(50-5)19-20-32(34)36/h10,12-16,18-20,22,24,28-29,31,35H,6-9,11,17,21,23,25-26H2,1-5H3,(H,44,47)/b18-14-/t28-,29+,31-,35+,42-/m1/s1. The monoisotopic (exact) mass is 725 g/mol. The highest BCUT2D eigenvalue weighted by atomic mass is 16.6. The van der Waals surface area contributed by atoms with E-state index in [1.165, 1.54) is 0 Å². The Hall–Kier alpha value is -4.93. The number of rotatable bonds is 8. The third kappa shape index (κ3) is 8.83. The lowest BCUT2D eigenvalue weighted by Crippen LogP contribution is -2.54. The van der Waals surface area contributed by atoms with Gasteiger partial charge in [-0.1, -0.05) is 55.3 Å². The lowest BCUT2D eigenvalue weighted by Gasteiger charge is -2.29. The van der Waals surface area contributed by atoms with E-state index in [1.807, 2.05) is 60.7 Å². The van der Waals surface area contributed by atoms with Gasteiger partial charge in [0.1, 0.15) is 34.8 Å². The molecule has 2 amide bonds. The van der Waals surface area contributed by atoms with Gasteiger partial charge in [-0.3, -0.25) is 14.4 Å². The number of amides is 2. The van der Waals surface area contributed by atoms with Crippen molar-refractivity contribution >= 4 is 34.7 Å². The quantitative estimate of drug-likeness (QED) is 0.202. The maximum atomic E-state index is 14.6. The zero-order valence-electron chi connectivity index (χ0n) is 31.4. The molecule has 0 spiro atoms. The highest BCUT2D eigenvalue weighted by Crippen LogP contribution is 2.46. The van der Waals surface area contributed by atoms with Crippen LogP contribution < -0.4 is 14.8 Å². The Morgan fingerprint density at radius 1 is 1.04 bits per heavy atom. The molecule has 1 aromatic heterocycles. The first kappa shape index (κ1) is 37.8. The third-order valence-corrected chi connectivity index (χ3v) is 10.2. The highest BCUT2D eigenvalue weighted by molar-refractivity contribution is 5.96. The minimum Gasteiger partial charge on any atom is -0.497 e. The fourth-order valence-corrected chi connectivity index (χ4v) is 7.45. The van der Waals surface area contributed by atoms with Crippen LogP contribution in [-0.2, 0) is 28.7 Å². The van der Waals surface area contributed by atoms with Crippen molar-refractivity contribution in [3.05, 3.63) is 66.7 Å². The second-order valence-corrected chi connectivity index (χ2v) is 15.3. The number of hydrogen-bond donors (Lipinski definition) is 1. The molecule has 282 valence electrons. The lowest BCUT2D eigenvalue weighted by atomic mass is 9.95. The molecule has 6 rings (SSSR count). The van der Waals surface area contributed by atoms with Gasteiger partial charge in [0.15, 0.2) is 0 Å². The number of methoxy groups -OCH3 is 1. The number of aromatic nitrogens is 1. The van der Waals surface area contributed by atoms with Crippen molar-refractivity contribution in [1.29, 1.82) is 0 Å². The minimum absolute atomic E-state index is 0.0987. The summed E-state index contributed by atoms with van der Waals surface area (Å²) in [5, 5.41) is 3.78. The minimum atomic E-state index is -1.20. The zero-order chi connectivity index (χ0) is 37.8.